The summed E-state index contributed by atoms with van der Waals surface area (Å²) in [5.41, 5.74) is 2.32. The molecular formula is C21H24N2O4. The second-order valence-corrected chi connectivity index (χ2v) is 6.24. The fourth-order valence-electron chi connectivity index (χ4n) is 2.89. The van der Waals surface area contributed by atoms with Crippen LogP contribution in [0.2, 0.25) is 0 Å². The Morgan fingerprint density at radius 2 is 1.96 bits per heavy atom. The fraction of sp³-hybridized carbons (Fsp3) is 0.333. The normalized spacial score (nSPS) is 13.1. The van der Waals surface area contributed by atoms with Crippen molar-refractivity contribution in [3.63, 3.8) is 0 Å². The van der Waals surface area contributed by atoms with E-state index >= 15 is 0 Å². The highest BCUT2D eigenvalue weighted by atomic mass is 16.5. The van der Waals surface area contributed by atoms with E-state index in [1.807, 2.05) is 43.3 Å². The van der Waals surface area contributed by atoms with Crippen molar-refractivity contribution in [1.82, 2.24) is 5.32 Å². The maximum absolute atomic E-state index is 12.3. The molecule has 0 aliphatic carbocycles. The van der Waals surface area contributed by atoms with E-state index in [-0.39, 0.29) is 18.4 Å². The van der Waals surface area contributed by atoms with Gasteiger partial charge in [-0.1, -0.05) is 24.3 Å². The van der Waals surface area contributed by atoms with Crippen LogP contribution in [0, 0.1) is 0 Å². The first kappa shape index (κ1) is 18.9. The summed E-state index contributed by atoms with van der Waals surface area (Å²) >= 11 is 0. The molecule has 1 aliphatic rings. The van der Waals surface area contributed by atoms with Gasteiger partial charge in [0.15, 0.2) is 6.61 Å². The number of amides is 2. The first-order chi connectivity index (χ1) is 13.2. The molecule has 0 unspecified atom stereocenters. The first-order valence-corrected chi connectivity index (χ1v) is 9.16. The molecule has 1 N–H and O–H groups in total. The second kappa shape index (κ2) is 9.19. The number of para-hydroxylation sites is 2. The van der Waals surface area contributed by atoms with E-state index in [4.69, 9.17) is 9.47 Å². The minimum Gasteiger partial charge on any atom is -0.482 e. The molecule has 1 heterocycles. The van der Waals surface area contributed by atoms with Crippen molar-refractivity contribution in [2.24, 2.45) is 0 Å². The summed E-state index contributed by atoms with van der Waals surface area (Å²) in [6.45, 7) is 4.34. The molecular weight excluding hydrogens is 344 g/mol. The van der Waals surface area contributed by atoms with E-state index in [9.17, 15) is 9.59 Å². The van der Waals surface area contributed by atoms with Gasteiger partial charge in [0.05, 0.1) is 12.2 Å². The maximum atomic E-state index is 12.3. The van der Waals surface area contributed by atoms with Crippen LogP contribution in [-0.2, 0) is 16.1 Å². The number of ether oxygens (including phenoxy) is 2. The summed E-state index contributed by atoms with van der Waals surface area (Å²) < 4.78 is 10.7. The Labute approximate surface area is 159 Å². The number of anilines is 1. The zero-order valence-corrected chi connectivity index (χ0v) is 15.4. The average molecular weight is 368 g/mol. The lowest BCUT2D eigenvalue weighted by molar-refractivity contribution is -0.121. The third-order valence-corrected chi connectivity index (χ3v) is 4.32. The van der Waals surface area contributed by atoms with Crippen LogP contribution >= 0.6 is 0 Å². The molecule has 1 aliphatic heterocycles. The summed E-state index contributed by atoms with van der Waals surface area (Å²) in [7, 11) is 0. The predicted octanol–water partition coefficient (Wildman–Crippen LogP) is 2.77. The van der Waals surface area contributed by atoms with E-state index in [0.717, 1.165) is 17.7 Å². The van der Waals surface area contributed by atoms with Gasteiger partial charge in [0.25, 0.3) is 11.8 Å². The summed E-state index contributed by atoms with van der Waals surface area (Å²) in [4.78, 5) is 26.1. The van der Waals surface area contributed by atoms with Crippen LogP contribution < -0.4 is 15.0 Å². The smallest absolute Gasteiger partial charge is 0.265 e. The van der Waals surface area contributed by atoms with Crippen molar-refractivity contribution in [3.05, 3.63) is 59.7 Å². The van der Waals surface area contributed by atoms with Gasteiger partial charge in [-0.05, 0) is 43.2 Å². The van der Waals surface area contributed by atoms with Crippen LogP contribution in [0.5, 0.6) is 5.75 Å². The topological polar surface area (TPSA) is 67.9 Å². The van der Waals surface area contributed by atoms with E-state index in [1.165, 1.54) is 0 Å². The Bertz CT molecular complexity index is 789. The summed E-state index contributed by atoms with van der Waals surface area (Å²) in [6.07, 6.45) is 0.788. The van der Waals surface area contributed by atoms with E-state index < -0.39 is 0 Å². The predicted molar refractivity (Wildman–Crippen MR) is 103 cm³/mol. The third kappa shape index (κ3) is 4.86. The molecule has 142 valence electrons. The van der Waals surface area contributed by atoms with Crippen LogP contribution in [0.25, 0.3) is 0 Å². The van der Waals surface area contributed by atoms with Gasteiger partial charge in [-0.25, -0.2) is 0 Å². The van der Waals surface area contributed by atoms with Gasteiger partial charge in [0.2, 0.25) is 0 Å². The van der Waals surface area contributed by atoms with Crippen molar-refractivity contribution in [1.29, 1.82) is 0 Å². The molecule has 0 bridgehead atoms. The zero-order chi connectivity index (χ0) is 19.1. The molecule has 0 saturated heterocycles. The average Bonchev–Trinajstić information content (AvgIpc) is 2.70. The maximum Gasteiger partial charge on any atom is 0.265 e. The highest BCUT2D eigenvalue weighted by Gasteiger charge is 2.25. The zero-order valence-electron chi connectivity index (χ0n) is 15.4. The SMILES string of the molecule is CCOCCCNC(=O)c1ccc(CN2C(=O)COc3ccccc32)cc1. The van der Waals surface area contributed by atoms with Crippen LogP contribution in [0.4, 0.5) is 5.69 Å². The van der Waals surface area contributed by atoms with E-state index in [0.29, 0.717) is 37.6 Å². The summed E-state index contributed by atoms with van der Waals surface area (Å²) in [5, 5.41) is 2.88. The Morgan fingerprint density at radius 1 is 1.19 bits per heavy atom. The molecule has 0 atom stereocenters. The molecule has 0 spiro atoms. The number of nitrogens with zero attached hydrogens (tertiary/aromatic N) is 1. The Hall–Kier alpha value is -2.86. The van der Waals surface area contributed by atoms with Gasteiger partial charge in [0.1, 0.15) is 5.75 Å². The number of rotatable bonds is 8. The lowest BCUT2D eigenvalue weighted by atomic mass is 10.1. The highest BCUT2D eigenvalue weighted by molar-refractivity contribution is 5.98. The summed E-state index contributed by atoms with van der Waals surface area (Å²) in [6, 6.07) is 14.8. The monoisotopic (exact) mass is 368 g/mol. The number of hydrogen-bond donors (Lipinski definition) is 1. The molecule has 3 rings (SSSR count). The van der Waals surface area contributed by atoms with Crippen molar-refractivity contribution in [3.8, 4) is 5.75 Å². The molecule has 0 saturated carbocycles. The van der Waals surface area contributed by atoms with Gasteiger partial charge in [0, 0.05) is 25.3 Å². The van der Waals surface area contributed by atoms with Crippen LogP contribution in [-0.4, -0.2) is 38.2 Å². The molecule has 2 aromatic carbocycles. The molecule has 0 fully saturated rings. The molecule has 6 heteroatoms. The van der Waals surface area contributed by atoms with Crippen LogP contribution in [0.1, 0.15) is 29.3 Å². The van der Waals surface area contributed by atoms with Gasteiger partial charge < -0.3 is 19.7 Å². The van der Waals surface area contributed by atoms with Crippen molar-refractivity contribution in [2.75, 3.05) is 31.3 Å². The van der Waals surface area contributed by atoms with Crippen molar-refractivity contribution < 1.29 is 19.1 Å². The van der Waals surface area contributed by atoms with E-state index in [2.05, 4.69) is 5.32 Å². The lowest BCUT2D eigenvalue weighted by Crippen LogP contribution is -2.38. The van der Waals surface area contributed by atoms with Crippen LogP contribution in [0.15, 0.2) is 48.5 Å². The number of carbonyl (C=O) groups excluding carboxylic acids is 2. The molecule has 0 radical (unpaired) electrons. The fourth-order valence-corrected chi connectivity index (χ4v) is 2.89. The number of carbonyl (C=O) groups is 2. The standard InChI is InChI=1S/C21H24N2O4/c1-2-26-13-5-12-22-21(25)17-10-8-16(9-11-17)14-23-18-6-3-4-7-19(18)27-15-20(23)24/h3-4,6-11H,2,5,12-15H2,1H3,(H,22,25). The van der Waals surface area contributed by atoms with Gasteiger partial charge in [-0.2, -0.15) is 0 Å². The molecule has 2 aromatic rings. The number of nitrogens with one attached hydrogen (secondary N) is 1. The molecule has 2 amide bonds. The Morgan fingerprint density at radius 3 is 2.74 bits per heavy atom. The largest absolute Gasteiger partial charge is 0.482 e. The molecule has 27 heavy (non-hydrogen) atoms. The highest BCUT2D eigenvalue weighted by Crippen LogP contribution is 2.32. The van der Waals surface area contributed by atoms with Gasteiger partial charge in [-0.15, -0.1) is 0 Å². The number of benzene rings is 2. The lowest BCUT2D eigenvalue weighted by Gasteiger charge is -2.29. The minimum atomic E-state index is -0.106. The first-order valence-electron chi connectivity index (χ1n) is 9.16. The van der Waals surface area contributed by atoms with E-state index in [1.54, 1.807) is 17.0 Å². The Kier molecular flexibility index (Phi) is 6.44. The minimum absolute atomic E-state index is 0.0409. The third-order valence-electron chi connectivity index (χ3n) is 4.32. The second-order valence-electron chi connectivity index (χ2n) is 6.24. The quantitative estimate of drug-likeness (QED) is 0.728. The Balaban J connectivity index is 1.59. The van der Waals surface area contributed by atoms with Crippen molar-refractivity contribution in [2.45, 2.75) is 19.9 Å². The van der Waals surface area contributed by atoms with Gasteiger partial charge in [-0.3, -0.25) is 9.59 Å². The number of hydrogen-bond acceptors (Lipinski definition) is 4. The molecule has 0 aromatic heterocycles. The summed E-state index contributed by atoms with van der Waals surface area (Å²) in [5.74, 6) is 0.524. The molecule has 6 nitrogen and oxygen atoms in total. The van der Waals surface area contributed by atoms with Crippen molar-refractivity contribution >= 4 is 17.5 Å². The number of fused-ring (bicyclic) bond motifs is 1. The van der Waals surface area contributed by atoms with Crippen LogP contribution in [0.3, 0.4) is 0 Å². The van der Waals surface area contributed by atoms with Gasteiger partial charge >= 0.3 is 0 Å².